The summed E-state index contributed by atoms with van der Waals surface area (Å²) in [5.74, 6) is 1.30. The Morgan fingerprint density at radius 3 is 1.84 bits per heavy atom. The molecule has 0 heterocycles. The fraction of sp³-hybridized carbons (Fsp3) is 1.00. The number of unbranched alkanes of at least 4 members (excludes halogenated alkanes) is 5. The summed E-state index contributed by atoms with van der Waals surface area (Å²) in [7, 11) is 0. The van der Waals surface area contributed by atoms with E-state index in [0.29, 0.717) is 0 Å². The lowest BCUT2D eigenvalue weighted by Gasteiger charge is -2.16. The highest BCUT2D eigenvalue weighted by Crippen LogP contribution is 2.23. The maximum atomic E-state index is 3.56. The van der Waals surface area contributed by atoms with Gasteiger partial charge < -0.3 is 5.32 Å². The molecule has 0 aliphatic rings. The van der Waals surface area contributed by atoms with Crippen molar-refractivity contribution in [2.75, 3.05) is 18.8 Å². The van der Waals surface area contributed by atoms with Gasteiger partial charge in [-0.2, -0.15) is 11.8 Å². The zero-order valence-electron chi connectivity index (χ0n) is 13.7. The van der Waals surface area contributed by atoms with Crippen molar-refractivity contribution < 1.29 is 0 Å². The molecule has 1 nitrogen and oxygen atoms in total. The summed E-state index contributed by atoms with van der Waals surface area (Å²) in [5.41, 5.74) is 0. The van der Waals surface area contributed by atoms with E-state index in [4.69, 9.17) is 0 Å². The van der Waals surface area contributed by atoms with Crippen LogP contribution in [-0.2, 0) is 0 Å². The topological polar surface area (TPSA) is 12.0 Å². The molecule has 0 aliphatic heterocycles. The number of hydrogen-bond donors (Lipinski definition) is 1. The number of thioether (sulfide) groups is 1. The fourth-order valence-corrected chi connectivity index (χ4v) is 3.54. The third-order valence-electron chi connectivity index (χ3n) is 3.60. The minimum Gasteiger partial charge on any atom is -0.316 e. The zero-order valence-corrected chi connectivity index (χ0v) is 14.5. The lowest BCUT2D eigenvalue weighted by Crippen LogP contribution is -2.19. The average molecular weight is 288 g/mol. The molecule has 116 valence electrons. The summed E-state index contributed by atoms with van der Waals surface area (Å²) in [6.45, 7) is 9.26. The van der Waals surface area contributed by atoms with Crippen molar-refractivity contribution in [3.05, 3.63) is 0 Å². The van der Waals surface area contributed by atoms with Crippen LogP contribution >= 0.6 is 11.8 Å². The molecule has 0 radical (unpaired) electrons. The predicted octanol–water partition coefficient (Wildman–Crippen LogP) is 5.64. The third-order valence-corrected chi connectivity index (χ3v) is 4.98. The molecule has 0 aliphatic carbocycles. The molecule has 0 unspecified atom stereocenters. The highest BCUT2D eigenvalue weighted by Gasteiger charge is 2.08. The lowest BCUT2D eigenvalue weighted by atomic mass is 10.1. The van der Waals surface area contributed by atoms with Gasteiger partial charge in [-0.15, -0.1) is 0 Å². The van der Waals surface area contributed by atoms with Crippen molar-refractivity contribution in [2.45, 2.75) is 90.2 Å². The Morgan fingerprint density at radius 1 is 0.737 bits per heavy atom. The van der Waals surface area contributed by atoms with Crippen LogP contribution in [0.5, 0.6) is 0 Å². The minimum absolute atomic E-state index is 0.922. The van der Waals surface area contributed by atoms with Crippen molar-refractivity contribution in [3.63, 3.8) is 0 Å². The van der Waals surface area contributed by atoms with E-state index < -0.39 is 0 Å². The van der Waals surface area contributed by atoms with E-state index in [2.05, 4.69) is 37.8 Å². The monoisotopic (exact) mass is 287 g/mol. The Balaban J connectivity index is 3.58. The van der Waals surface area contributed by atoms with Gasteiger partial charge in [-0.3, -0.25) is 0 Å². The second kappa shape index (κ2) is 16.4. The van der Waals surface area contributed by atoms with Gasteiger partial charge in [0.1, 0.15) is 0 Å². The Hall–Kier alpha value is 0.310. The van der Waals surface area contributed by atoms with Crippen molar-refractivity contribution in [1.29, 1.82) is 0 Å². The Morgan fingerprint density at radius 2 is 1.32 bits per heavy atom. The fourth-order valence-electron chi connectivity index (χ4n) is 2.28. The van der Waals surface area contributed by atoms with E-state index in [9.17, 15) is 0 Å². The maximum Gasteiger partial charge on any atom is 0.00608 e. The molecule has 0 bridgehead atoms. The van der Waals surface area contributed by atoms with Crippen molar-refractivity contribution >= 4 is 11.8 Å². The van der Waals surface area contributed by atoms with Crippen molar-refractivity contribution in [2.24, 2.45) is 0 Å². The van der Waals surface area contributed by atoms with Crippen LogP contribution in [0.2, 0.25) is 0 Å². The Kier molecular flexibility index (Phi) is 16.6. The molecule has 2 heteroatoms. The minimum atomic E-state index is 0.922. The molecule has 19 heavy (non-hydrogen) atoms. The van der Waals surface area contributed by atoms with Gasteiger partial charge in [0, 0.05) is 17.5 Å². The summed E-state index contributed by atoms with van der Waals surface area (Å²) >= 11 is 2.22. The van der Waals surface area contributed by atoms with E-state index in [-0.39, 0.29) is 0 Å². The van der Waals surface area contributed by atoms with Crippen LogP contribution in [0.1, 0.15) is 85.0 Å². The van der Waals surface area contributed by atoms with Crippen molar-refractivity contribution in [3.8, 4) is 0 Å². The first-order valence-corrected chi connectivity index (χ1v) is 9.72. The third kappa shape index (κ3) is 14.5. The van der Waals surface area contributed by atoms with E-state index >= 15 is 0 Å². The molecule has 0 fully saturated rings. The highest BCUT2D eigenvalue weighted by molar-refractivity contribution is 7.99. The largest absolute Gasteiger partial charge is 0.316 e. The molecule has 0 aromatic carbocycles. The van der Waals surface area contributed by atoms with Gasteiger partial charge in [0.25, 0.3) is 0 Å². The molecule has 0 saturated heterocycles. The van der Waals surface area contributed by atoms with Gasteiger partial charge >= 0.3 is 0 Å². The number of nitrogens with one attached hydrogen (secondary N) is 1. The highest BCUT2D eigenvalue weighted by atomic mass is 32.2. The molecular formula is C17H37NS. The average Bonchev–Trinajstić information content (AvgIpc) is 2.42. The van der Waals surface area contributed by atoms with Gasteiger partial charge in [-0.05, 0) is 25.8 Å². The number of hydrogen-bond acceptors (Lipinski definition) is 2. The zero-order chi connectivity index (χ0) is 14.2. The summed E-state index contributed by atoms with van der Waals surface area (Å²) in [5, 5.41) is 4.48. The molecule has 0 rings (SSSR count). The van der Waals surface area contributed by atoms with Gasteiger partial charge in [0.05, 0.1) is 0 Å². The van der Waals surface area contributed by atoms with E-state index in [1.54, 1.807) is 0 Å². The molecule has 0 spiro atoms. The quantitative estimate of drug-likeness (QED) is 0.391. The van der Waals surface area contributed by atoms with Gasteiger partial charge in [-0.1, -0.05) is 65.7 Å². The first-order valence-electron chi connectivity index (χ1n) is 8.67. The van der Waals surface area contributed by atoms with E-state index in [1.165, 1.54) is 83.1 Å². The molecule has 0 aromatic rings. The van der Waals surface area contributed by atoms with Gasteiger partial charge in [0.2, 0.25) is 0 Å². The molecular weight excluding hydrogens is 250 g/mol. The summed E-state index contributed by atoms with van der Waals surface area (Å²) < 4.78 is 0. The van der Waals surface area contributed by atoms with Crippen LogP contribution in [0, 0.1) is 0 Å². The first-order chi connectivity index (χ1) is 9.35. The summed E-state index contributed by atoms with van der Waals surface area (Å²) in [4.78, 5) is 0. The second-order valence-corrected chi connectivity index (χ2v) is 7.00. The van der Waals surface area contributed by atoms with Gasteiger partial charge in [0.15, 0.2) is 0 Å². The maximum absolute atomic E-state index is 3.56. The normalized spacial score (nSPS) is 11.4. The van der Waals surface area contributed by atoms with Crippen LogP contribution in [0.3, 0.4) is 0 Å². The lowest BCUT2D eigenvalue weighted by molar-refractivity contribution is 0.583. The SMILES string of the molecule is CCCCCC(CCCCC)SCCNCCCC. The van der Waals surface area contributed by atoms with Gasteiger partial charge in [-0.25, -0.2) is 0 Å². The Labute approximate surface area is 126 Å². The standard InChI is InChI=1S/C17H37NS/c1-4-7-10-12-17(13-11-8-5-2)19-16-15-18-14-9-6-3/h17-18H,4-16H2,1-3H3. The molecule has 1 N–H and O–H groups in total. The second-order valence-electron chi connectivity index (χ2n) is 5.59. The van der Waals surface area contributed by atoms with Crippen molar-refractivity contribution in [1.82, 2.24) is 5.32 Å². The molecule has 0 atom stereocenters. The van der Waals surface area contributed by atoms with Crippen LogP contribution < -0.4 is 5.32 Å². The molecule has 0 amide bonds. The molecule has 0 saturated carbocycles. The van der Waals surface area contributed by atoms with Crippen LogP contribution in [-0.4, -0.2) is 24.1 Å². The van der Waals surface area contributed by atoms with Crippen LogP contribution in [0.15, 0.2) is 0 Å². The smallest absolute Gasteiger partial charge is 0.00608 e. The van der Waals surface area contributed by atoms with Crippen LogP contribution in [0.25, 0.3) is 0 Å². The predicted molar refractivity (Wildman–Crippen MR) is 92.3 cm³/mol. The van der Waals surface area contributed by atoms with E-state index in [0.717, 1.165) is 5.25 Å². The first kappa shape index (κ1) is 19.3. The number of rotatable bonds is 15. The van der Waals surface area contributed by atoms with E-state index in [1.807, 2.05) is 0 Å². The van der Waals surface area contributed by atoms with Crippen LogP contribution in [0.4, 0.5) is 0 Å². The Bertz CT molecular complexity index is 151. The molecule has 0 aromatic heterocycles. The summed E-state index contributed by atoms with van der Waals surface area (Å²) in [6.07, 6.45) is 13.9. The summed E-state index contributed by atoms with van der Waals surface area (Å²) in [6, 6.07) is 0.